The van der Waals surface area contributed by atoms with Gasteiger partial charge in [0.2, 0.25) is 0 Å². The van der Waals surface area contributed by atoms with Crippen LogP contribution in [0.1, 0.15) is 44.4 Å². The van der Waals surface area contributed by atoms with E-state index in [0.717, 1.165) is 16.7 Å². The third kappa shape index (κ3) is 9.07. The molecule has 0 spiro atoms. The maximum Gasteiger partial charge on any atom is 0.0639 e. The largest absolute Gasteiger partial charge is 0.393 e. The summed E-state index contributed by atoms with van der Waals surface area (Å²) in [6, 6.07) is 6.04. The second-order valence-corrected chi connectivity index (χ2v) is 7.48. The zero-order chi connectivity index (χ0) is 19.7. The normalized spacial score (nSPS) is 16.5. The molecule has 5 N–H and O–H groups in total. The number of nitrogens with zero attached hydrogens (tertiary/aromatic N) is 1. The Labute approximate surface area is 157 Å². The summed E-state index contributed by atoms with van der Waals surface area (Å²) in [6.45, 7) is 9.63. The number of hydrogen-bond donors (Lipinski definition) is 5. The summed E-state index contributed by atoms with van der Waals surface area (Å²) in [5.41, 5.74) is 3.27. The van der Waals surface area contributed by atoms with E-state index < -0.39 is 24.4 Å². The SMILES string of the molecule is CC(O)CNCc1cccc(CC(C)O)c1CN(CC(C)O)CC(C)O. The van der Waals surface area contributed by atoms with Crippen LogP contribution in [0.4, 0.5) is 0 Å². The van der Waals surface area contributed by atoms with E-state index in [1.807, 2.05) is 23.1 Å². The molecule has 0 aliphatic carbocycles. The summed E-state index contributed by atoms with van der Waals surface area (Å²) in [7, 11) is 0. The van der Waals surface area contributed by atoms with Crippen LogP contribution in [-0.2, 0) is 19.5 Å². The molecule has 26 heavy (non-hydrogen) atoms. The van der Waals surface area contributed by atoms with Crippen molar-refractivity contribution in [1.82, 2.24) is 10.2 Å². The first-order valence-electron chi connectivity index (χ1n) is 9.44. The van der Waals surface area contributed by atoms with Crippen molar-refractivity contribution in [1.29, 1.82) is 0 Å². The zero-order valence-corrected chi connectivity index (χ0v) is 16.5. The summed E-state index contributed by atoms with van der Waals surface area (Å²) in [5.74, 6) is 0. The van der Waals surface area contributed by atoms with E-state index in [-0.39, 0.29) is 0 Å². The maximum atomic E-state index is 9.85. The molecular formula is C20H36N2O4. The molecule has 0 bridgehead atoms. The lowest BCUT2D eigenvalue weighted by Gasteiger charge is -2.28. The van der Waals surface area contributed by atoms with E-state index in [2.05, 4.69) is 5.32 Å². The highest BCUT2D eigenvalue weighted by Gasteiger charge is 2.17. The first-order chi connectivity index (χ1) is 12.2. The van der Waals surface area contributed by atoms with Crippen LogP contribution in [0, 0.1) is 0 Å². The van der Waals surface area contributed by atoms with E-state index in [1.54, 1.807) is 27.7 Å². The van der Waals surface area contributed by atoms with Gasteiger partial charge in [-0.25, -0.2) is 0 Å². The average molecular weight is 369 g/mol. The second-order valence-electron chi connectivity index (χ2n) is 7.48. The fourth-order valence-corrected chi connectivity index (χ4v) is 3.16. The molecule has 150 valence electrons. The van der Waals surface area contributed by atoms with Crippen LogP contribution in [-0.4, -0.2) is 69.4 Å². The summed E-state index contributed by atoms with van der Waals surface area (Å²) < 4.78 is 0. The van der Waals surface area contributed by atoms with E-state index in [0.29, 0.717) is 39.1 Å². The van der Waals surface area contributed by atoms with Crippen LogP contribution < -0.4 is 5.32 Å². The third-order valence-electron chi connectivity index (χ3n) is 4.07. The summed E-state index contributed by atoms with van der Waals surface area (Å²) in [5, 5.41) is 42.2. The van der Waals surface area contributed by atoms with Crippen molar-refractivity contribution in [3.8, 4) is 0 Å². The molecule has 1 aromatic rings. The lowest BCUT2D eigenvalue weighted by Crippen LogP contribution is -2.36. The van der Waals surface area contributed by atoms with E-state index in [1.165, 1.54) is 0 Å². The maximum absolute atomic E-state index is 9.85. The smallest absolute Gasteiger partial charge is 0.0639 e. The zero-order valence-electron chi connectivity index (χ0n) is 16.5. The molecule has 0 amide bonds. The van der Waals surface area contributed by atoms with Gasteiger partial charge in [-0.15, -0.1) is 0 Å². The topological polar surface area (TPSA) is 96.2 Å². The Balaban J connectivity index is 3.06. The Morgan fingerprint density at radius 2 is 1.42 bits per heavy atom. The number of aliphatic hydroxyl groups excluding tert-OH is 4. The molecule has 6 nitrogen and oxygen atoms in total. The van der Waals surface area contributed by atoms with Crippen LogP contribution >= 0.6 is 0 Å². The van der Waals surface area contributed by atoms with Crippen molar-refractivity contribution in [3.05, 3.63) is 34.9 Å². The summed E-state index contributed by atoms with van der Waals surface area (Å²) >= 11 is 0. The van der Waals surface area contributed by atoms with Crippen molar-refractivity contribution < 1.29 is 20.4 Å². The summed E-state index contributed by atoms with van der Waals surface area (Å²) in [6.07, 6.45) is -1.29. The molecule has 0 saturated carbocycles. The Bertz CT molecular complexity index is 509. The van der Waals surface area contributed by atoms with Gasteiger partial charge in [0.1, 0.15) is 0 Å². The number of rotatable bonds is 12. The molecule has 0 saturated heterocycles. The first kappa shape index (κ1) is 23.0. The van der Waals surface area contributed by atoms with Gasteiger partial charge in [-0.05, 0) is 50.8 Å². The van der Waals surface area contributed by atoms with Gasteiger partial charge in [-0.1, -0.05) is 18.2 Å². The lowest BCUT2D eigenvalue weighted by atomic mass is 9.96. The van der Waals surface area contributed by atoms with Gasteiger partial charge in [0.25, 0.3) is 0 Å². The Kier molecular flexibility index (Phi) is 10.3. The van der Waals surface area contributed by atoms with E-state index in [4.69, 9.17) is 0 Å². The molecule has 0 radical (unpaired) electrons. The molecular weight excluding hydrogens is 332 g/mol. The van der Waals surface area contributed by atoms with Crippen molar-refractivity contribution in [2.45, 2.75) is 71.6 Å². The third-order valence-corrected chi connectivity index (χ3v) is 4.07. The highest BCUT2D eigenvalue weighted by Crippen LogP contribution is 2.20. The van der Waals surface area contributed by atoms with Gasteiger partial charge in [-0.3, -0.25) is 4.90 Å². The lowest BCUT2D eigenvalue weighted by molar-refractivity contribution is 0.0789. The minimum Gasteiger partial charge on any atom is -0.393 e. The number of aliphatic hydroxyl groups is 4. The molecule has 0 aliphatic heterocycles. The highest BCUT2D eigenvalue weighted by atomic mass is 16.3. The van der Waals surface area contributed by atoms with Crippen molar-refractivity contribution in [2.75, 3.05) is 19.6 Å². The number of hydrogen-bond acceptors (Lipinski definition) is 6. The second kappa shape index (κ2) is 11.6. The fraction of sp³-hybridized carbons (Fsp3) is 0.700. The molecule has 1 aromatic carbocycles. The van der Waals surface area contributed by atoms with Gasteiger partial charge < -0.3 is 25.7 Å². The van der Waals surface area contributed by atoms with E-state index >= 15 is 0 Å². The number of benzene rings is 1. The van der Waals surface area contributed by atoms with Crippen molar-refractivity contribution in [3.63, 3.8) is 0 Å². The highest BCUT2D eigenvalue weighted by molar-refractivity contribution is 5.36. The monoisotopic (exact) mass is 368 g/mol. The standard InChI is InChI=1S/C20H36N2O4/c1-14(23)8-18-6-5-7-19(10-21-9-15(2)24)20(18)13-22(11-16(3)25)12-17(4)26/h5-7,14-17,21,23-26H,8-13H2,1-4H3. The molecule has 4 atom stereocenters. The van der Waals surface area contributed by atoms with Gasteiger partial charge in [0.05, 0.1) is 24.4 Å². The summed E-state index contributed by atoms with van der Waals surface area (Å²) in [4.78, 5) is 2.04. The minimum absolute atomic E-state index is 0.416. The Morgan fingerprint density at radius 1 is 0.846 bits per heavy atom. The molecule has 0 aromatic heterocycles. The Hall–Kier alpha value is -1.02. The number of nitrogens with one attached hydrogen (secondary N) is 1. The molecule has 0 aliphatic rings. The molecule has 0 heterocycles. The van der Waals surface area contributed by atoms with Crippen LogP contribution in [0.2, 0.25) is 0 Å². The van der Waals surface area contributed by atoms with Gasteiger partial charge in [-0.2, -0.15) is 0 Å². The fourth-order valence-electron chi connectivity index (χ4n) is 3.16. The van der Waals surface area contributed by atoms with Crippen LogP contribution in [0.5, 0.6) is 0 Å². The van der Waals surface area contributed by atoms with Gasteiger partial charge in [0.15, 0.2) is 0 Å². The predicted octanol–water partition coefficient (Wildman–Crippen LogP) is 0.644. The van der Waals surface area contributed by atoms with E-state index in [9.17, 15) is 20.4 Å². The van der Waals surface area contributed by atoms with Gasteiger partial charge >= 0.3 is 0 Å². The molecule has 6 heteroatoms. The first-order valence-corrected chi connectivity index (χ1v) is 9.44. The van der Waals surface area contributed by atoms with Gasteiger partial charge in [0, 0.05) is 32.7 Å². The molecule has 1 rings (SSSR count). The quantitative estimate of drug-likeness (QED) is 0.372. The Morgan fingerprint density at radius 3 is 1.92 bits per heavy atom. The van der Waals surface area contributed by atoms with Crippen LogP contribution in [0.15, 0.2) is 18.2 Å². The molecule has 0 fully saturated rings. The minimum atomic E-state index is -0.491. The van der Waals surface area contributed by atoms with Crippen molar-refractivity contribution >= 4 is 0 Å². The molecule has 4 unspecified atom stereocenters. The van der Waals surface area contributed by atoms with Crippen molar-refractivity contribution in [2.24, 2.45) is 0 Å². The predicted molar refractivity (Wildman–Crippen MR) is 104 cm³/mol. The average Bonchev–Trinajstić information content (AvgIpc) is 2.47. The van der Waals surface area contributed by atoms with Crippen LogP contribution in [0.3, 0.4) is 0 Å². The van der Waals surface area contributed by atoms with Crippen LogP contribution in [0.25, 0.3) is 0 Å².